The number of rotatable bonds is 2. The van der Waals surface area contributed by atoms with Crippen molar-refractivity contribution in [3.63, 3.8) is 0 Å². The smallest absolute Gasteiger partial charge is 0.240 e. The van der Waals surface area contributed by atoms with Crippen LogP contribution in [0.15, 0.2) is 46.9 Å². The molecule has 1 aliphatic rings. The van der Waals surface area contributed by atoms with Crippen LogP contribution in [0.3, 0.4) is 0 Å². The average molecular weight is 305 g/mol. The van der Waals surface area contributed by atoms with Gasteiger partial charge in [0.2, 0.25) is 5.91 Å². The lowest BCUT2D eigenvalue weighted by atomic mass is 10.0. The molecule has 0 aliphatic carbocycles. The maximum atomic E-state index is 11.8. The Kier molecular flexibility index (Phi) is 3.59. The van der Waals surface area contributed by atoms with Gasteiger partial charge in [0.05, 0.1) is 11.8 Å². The molecule has 0 bridgehead atoms. The minimum absolute atomic E-state index is 0.0122. The highest BCUT2D eigenvalue weighted by molar-refractivity contribution is 7.10. The standard InChI is InChI=1S/C15H13ClN2OS/c1-10(19)18-14(15-3-2-8-20-15)9-13(17-18)11-4-6-12(16)7-5-11/h2-8,14H,9H2,1H3. The average Bonchev–Trinajstić information content (AvgIpc) is 3.08. The third-order valence-corrected chi connectivity index (χ3v) is 4.51. The van der Waals surface area contributed by atoms with Crippen molar-refractivity contribution < 1.29 is 4.79 Å². The lowest BCUT2D eigenvalue weighted by molar-refractivity contribution is -0.130. The molecule has 1 aromatic carbocycles. The molecule has 0 radical (unpaired) electrons. The van der Waals surface area contributed by atoms with Crippen LogP contribution < -0.4 is 0 Å². The Hall–Kier alpha value is -1.65. The second-order valence-electron chi connectivity index (χ2n) is 4.65. The first-order chi connectivity index (χ1) is 9.65. The van der Waals surface area contributed by atoms with Crippen LogP contribution in [-0.4, -0.2) is 16.6 Å². The zero-order valence-electron chi connectivity index (χ0n) is 10.9. The summed E-state index contributed by atoms with van der Waals surface area (Å²) in [5.74, 6) is -0.0348. The van der Waals surface area contributed by atoms with E-state index in [0.717, 1.165) is 22.6 Å². The van der Waals surface area contributed by atoms with Gasteiger partial charge < -0.3 is 0 Å². The third-order valence-electron chi connectivity index (χ3n) is 3.28. The zero-order chi connectivity index (χ0) is 14.1. The van der Waals surface area contributed by atoms with Crippen LogP contribution in [0.1, 0.15) is 29.8 Å². The molecule has 3 rings (SSSR count). The van der Waals surface area contributed by atoms with Gasteiger partial charge in [0.1, 0.15) is 0 Å². The molecule has 3 nitrogen and oxygen atoms in total. The predicted molar refractivity (Wildman–Crippen MR) is 82.2 cm³/mol. The number of carbonyl (C=O) groups excluding carboxylic acids is 1. The summed E-state index contributed by atoms with van der Waals surface area (Å²) in [7, 11) is 0. The van der Waals surface area contributed by atoms with Gasteiger partial charge in [0, 0.05) is 23.2 Å². The topological polar surface area (TPSA) is 32.7 Å². The fourth-order valence-corrected chi connectivity index (χ4v) is 3.26. The van der Waals surface area contributed by atoms with Crippen LogP contribution >= 0.6 is 22.9 Å². The van der Waals surface area contributed by atoms with Gasteiger partial charge in [0.15, 0.2) is 0 Å². The molecule has 2 aromatic rings. The second kappa shape index (κ2) is 5.38. The van der Waals surface area contributed by atoms with Crippen LogP contribution in [0.2, 0.25) is 5.02 Å². The van der Waals surface area contributed by atoms with E-state index in [4.69, 9.17) is 11.6 Å². The van der Waals surface area contributed by atoms with Crippen LogP contribution in [0, 0.1) is 0 Å². The Labute approximate surface area is 126 Å². The number of hydrogen-bond donors (Lipinski definition) is 0. The normalized spacial score (nSPS) is 18.2. The number of nitrogens with zero attached hydrogens (tertiary/aromatic N) is 2. The zero-order valence-corrected chi connectivity index (χ0v) is 12.5. The van der Waals surface area contributed by atoms with E-state index in [2.05, 4.69) is 5.10 Å². The summed E-state index contributed by atoms with van der Waals surface area (Å²) in [6.45, 7) is 1.55. The molecule has 1 aliphatic heterocycles. The molecule has 0 N–H and O–H groups in total. The van der Waals surface area contributed by atoms with E-state index in [1.807, 2.05) is 41.8 Å². The number of thiophene rings is 1. The summed E-state index contributed by atoms with van der Waals surface area (Å²) >= 11 is 7.56. The lowest BCUT2D eigenvalue weighted by Crippen LogP contribution is -2.23. The number of hydrazone groups is 1. The van der Waals surface area contributed by atoms with Crippen molar-refractivity contribution in [2.45, 2.75) is 19.4 Å². The molecule has 2 heterocycles. The summed E-state index contributed by atoms with van der Waals surface area (Å²) in [5.41, 5.74) is 1.94. The highest BCUT2D eigenvalue weighted by Crippen LogP contribution is 2.35. The molecule has 1 unspecified atom stereocenters. The van der Waals surface area contributed by atoms with Crippen molar-refractivity contribution in [3.05, 3.63) is 57.2 Å². The first kappa shape index (κ1) is 13.3. The van der Waals surface area contributed by atoms with Gasteiger partial charge >= 0.3 is 0 Å². The van der Waals surface area contributed by atoms with E-state index < -0.39 is 0 Å². The van der Waals surface area contributed by atoms with E-state index >= 15 is 0 Å². The Balaban J connectivity index is 1.92. The van der Waals surface area contributed by atoms with Crippen molar-refractivity contribution in [1.82, 2.24) is 5.01 Å². The summed E-state index contributed by atoms with van der Waals surface area (Å²) in [6.07, 6.45) is 0.738. The Morgan fingerprint density at radius 3 is 2.70 bits per heavy atom. The molecule has 1 amide bonds. The van der Waals surface area contributed by atoms with Gasteiger partial charge in [-0.05, 0) is 29.1 Å². The molecule has 5 heteroatoms. The summed E-state index contributed by atoms with van der Waals surface area (Å²) in [5, 5.41) is 8.79. The van der Waals surface area contributed by atoms with E-state index in [1.54, 1.807) is 23.3 Å². The molecule has 1 aromatic heterocycles. The van der Waals surface area contributed by atoms with Crippen molar-refractivity contribution in [1.29, 1.82) is 0 Å². The SMILES string of the molecule is CC(=O)N1N=C(c2ccc(Cl)cc2)CC1c1cccs1. The fraction of sp³-hybridized carbons (Fsp3) is 0.200. The molecular weight excluding hydrogens is 292 g/mol. The molecule has 0 spiro atoms. The summed E-state index contributed by atoms with van der Waals surface area (Å²) in [4.78, 5) is 12.9. The van der Waals surface area contributed by atoms with Gasteiger partial charge in [-0.2, -0.15) is 5.10 Å². The van der Waals surface area contributed by atoms with Crippen molar-refractivity contribution in [2.24, 2.45) is 5.10 Å². The van der Waals surface area contributed by atoms with Crippen molar-refractivity contribution in [3.8, 4) is 0 Å². The molecule has 102 valence electrons. The van der Waals surface area contributed by atoms with Crippen molar-refractivity contribution in [2.75, 3.05) is 0 Å². The molecular formula is C15H13ClN2OS. The highest BCUT2D eigenvalue weighted by atomic mass is 35.5. The van der Waals surface area contributed by atoms with Gasteiger partial charge in [-0.1, -0.05) is 29.8 Å². The first-order valence-corrected chi connectivity index (χ1v) is 7.57. The van der Waals surface area contributed by atoms with Crippen LogP contribution in [0.5, 0.6) is 0 Å². The fourth-order valence-electron chi connectivity index (χ4n) is 2.32. The number of carbonyl (C=O) groups is 1. The maximum absolute atomic E-state index is 11.8. The monoisotopic (exact) mass is 304 g/mol. The van der Waals surface area contributed by atoms with E-state index in [-0.39, 0.29) is 11.9 Å². The minimum atomic E-state index is -0.0348. The molecule has 0 fully saturated rings. The number of hydrogen-bond acceptors (Lipinski definition) is 3. The molecule has 0 saturated carbocycles. The largest absolute Gasteiger partial charge is 0.273 e. The molecule has 0 saturated heterocycles. The second-order valence-corrected chi connectivity index (χ2v) is 6.07. The minimum Gasteiger partial charge on any atom is -0.273 e. The predicted octanol–water partition coefficient (Wildman–Crippen LogP) is 4.10. The first-order valence-electron chi connectivity index (χ1n) is 6.32. The van der Waals surface area contributed by atoms with Gasteiger partial charge in [-0.3, -0.25) is 4.79 Å². The highest BCUT2D eigenvalue weighted by Gasteiger charge is 2.31. The lowest BCUT2D eigenvalue weighted by Gasteiger charge is -2.18. The Bertz CT molecular complexity index is 649. The van der Waals surface area contributed by atoms with Crippen molar-refractivity contribution >= 4 is 34.6 Å². The van der Waals surface area contributed by atoms with Crippen LogP contribution in [-0.2, 0) is 4.79 Å². The molecule has 1 atom stereocenters. The number of benzene rings is 1. The number of amides is 1. The van der Waals surface area contributed by atoms with Gasteiger partial charge in [-0.15, -0.1) is 11.3 Å². The van der Waals surface area contributed by atoms with Crippen LogP contribution in [0.25, 0.3) is 0 Å². The Morgan fingerprint density at radius 1 is 1.35 bits per heavy atom. The number of halogens is 1. The summed E-state index contributed by atoms with van der Waals surface area (Å²) < 4.78 is 0. The maximum Gasteiger partial charge on any atom is 0.240 e. The molecule has 20 heavy (non-hydrogen) atoms. The Morgan fingerprint density at radius 2 is 2.10 bits per heavy atom. The van der Waals surface area contributed by atoms with Crippen LogP contribution in [0.4, 0.5) is 0 Å². The third kappa shape index (κ3) is 2.49. The van der Waals surface area contributed by atoms with E-state index in [0.29, 0.717) is 5.02 Å². The quantitative estimate of drug-likeness (QED) is 0.822. The summed E-state index contributed by atoms with van der Waals surface area (Å²) in [6, 6.07) is 11.6. The van der Waals surface area contributed by atoms with E-state index in [1.165, 1.54) is 0 Å². The van der Waals surface area contributed by atoms with Gasteiger partial charge in [0.25, 0.3) is 0 Å². The van der Waals surface area contributed by atoms with Gasteiger partial charge in [-0.25, -0.2) is 5.01 Å². The van der Waals surface area contributed by atoms with E-state index in [9.17, 15) is 4.79 Å².